The molecule has 0 amide bonds. The third-order valence-electron chi connectivity index (χ3n) is 5.49. The molecule has 0 saturated carbocycles. The van der Waals surface area contributed by atoms with Gasteiger partial charge in [-0.25, -0.2) is 0 Å². The SMILES string of the molecule is CCc1nn(C)c(CC)c1CNC(=NC)N1CCC(N2CC=CC2)C1. The van der Waals surface area contributed by atoms with Crippen LogP contribution in [0.15, 0.2) is 17.1 Å². The fraction of sp³-hybridized carbons (Fsp3) is 0.684. The van der Waals surface area contributed by atoms with Crippen LogP contribution in [-0.2, 0) is 26.4 Å². The maximum Gasteiger partial charge on any atom is 0.193 e. The maximum absolute atomic E-state index is 4.68. The van der Waals surface area contributed by atoms with Crippen molar-refractivity contribution in [1.29, 1.82) is 0 Å². The van der Waals surface area contributed by atoms with Gasteiger partial charge in [-0.1, -0.05) is 26.0 Å². The number of aromatic nitrogens is 2. The maximum atomic E-state index is 4.68. The van der Waals surface area contributed by atoms with Gasteiger partial charge in [0.2, 0.25) is 0 Å². The molecule has 1 fully saturated rings. The molecule has 2 aliphatic rings. The Morgan fingerprint density at radius 3 is 2.68 bits per heavy atom. The van der Waals surface area contributed by atoms with Crippen molar-refractivity contribution in [3.63, 3.8) is 0 Å². The van der Waals surface area contributed by atoms with Crippen molar-refractivity contribution in [3.05, 3.63) is 29.1 Å². The summed E-state index contributed by atoms with van der Waals surface area (Å²) in [6, 6.07) is 0.643. The van der Waals surface area contributed by atoms with Gasteiger partial charge in [0, 0.05) is 64.1 Å². The largest absolute Gasteiger partial charge is 0.352 e. The average molecular weight is 345 g/mol. The Hall–Kier alpha value is -1.82. The van der Waals surface area contributed by atoms with Crippen molar-refractivity contribution in [1.82, 2.24) is 24.9 Å². The lowest BCUT2D eigenvalue weighted by molar-refractivity contribution is 0.259. The van der Waals surface area contributed by atoms with Crippen LogP contribution < -0.4 is 5.32 Å². The van der Waals surface area contributed by atoms with Gasteiger partial charge in [0.05, 0.1) is 5.69 Å². The number of hydrogen-bond acceptors (Lipinski definition) is 3. The zero-order valence-corrected chi connectivity index (χ0v) is 16.1. The van der Waals surface area contributed by atoms with E-state index in [9.17, 15) is 0 Å². The number of nitrogens with one attached hydrogen (secondary N) is 1. The Labute approximate surface area is 151 Å². The van der Waals surface area contributed by atoms with E-state index in [4.69, 9.17) is 0 Å². The Kier molecular flexibility index (Phi) is 5.78. The molecule has 1 N–H and O–H groups in total. The summed E-state index contributed by atoms with van der Waals surface area (Å²) in [7, 11) is 3.93. The first-order valence-corrected chi connectivity index (χ1v) is 9.56. The first-order chi connectivity index (χ1) is 12.2. The van der Waals surface area contributed by atoms with Crippen LogP contribution in [0.2, 0.25) is 0 Å². The van der Waals surface area contributed by atoms with Crippen molar-refractivity contribution < 1.29 is 0 Å². The molecule has 3 rings (SSSR count). The van der Waals surface area contributed by atoms with Crippen LogP contribution in [-0.4, -0.2) is 64.8 Å². The zero-order chi connectivity index (χ0) is 17.8. The van der Waals surface area contributed by atoms with Crippen LogP contribution in [0.1, 0.15) is 37.2 Å². The van der Waals surface area contributed by atoms with Gasteiger partial charge >= 0.3 is 0 Å². The van der Waals surface area contributed by atoms with Crippen LogP contribution in [0, 0.1) is 0 Å². The van der Waals surface area contributed by atoms with Crippen LogP contribution >= 0.6 is 0 Å². The first-order valence-electron chi connectivity index (χ1n) is 9.56. The van der Waals surface area contributed by atoms with Gasteiger partial charge in [-0.2, -0.15) is 5.10 Å². The quantitative estimate of drug-likeness (QED) is 0.500. The fourth-order valence-electron chi connectivity index (χ4n) is 4.12. The van der Waals surface area contributed by atoms with Gasteiger partial charge < -0.3 is 10.2 Å². The number of hydrogen-bond donors (Lipinski definition) is 1. The highest BCUT2D eigenvalue weighted by Gasteiger charge is 2.29. The predicted molar refractivity (Wildman–Crippen MR) is 103 cm³/mol. The lowest BCUT2D eigenvalue weighted by Gasteiger charge is -2.25. The van der Waals surface area contributed by atoms with Gasteiger partial charge in [-0.15, -0.1) is 0 Å². The van der Waals surface area contributed by atoms with E-state index in [-0.39, 0.29) is 0 Å². The Bertz CT molecular complexity index is 637. The molecule has 138 valence electrons. The van der Waals surface area contributed by atoms with Crippen LogP contribution in [0.4, 0.5) is 0 Å². The summed E-state index contributed by atoms with van der Waals surface area (Å²) >= 11 is 0. The molecular formula is C19H32N6. The zero-order valence-electron chi connectivity index (χ0n) is 16.1. The summed E-state index contributed by atoms with van der Waals surface area (Å²) in [5.74, 6) is 1.02. The van der Waals surface area contributed by atoms with Gasteiger partial charge in [0.25, 0.3) is 0 Å². The minimum Gasteiger partial charge on any atom is -0.352 e. The topological polar surface area (TPSA) is 48.7 Å². The molecule has 1 unspecified atom stereocenters. The van der Waals surface area contributed by atoms with Crippen molar-refractivity contribution in [3.8, 4) is 0 Å². The highest BCUT2D eigenvalue weighted by atomic mass is 15.3. The van der Waals surface area contributed by atoms with E-state index in [2.05, 4.69) is 51.2 Å². The molecule has 1 aromatic rings. The summed E-state index contributed by atoms with van der Waals surface area (Å²) in [5, 5.41) is 8.27. The van der Waals surface area contributed by atoms with Crippen molar-refractivity contribution in [2.75, 3.05) is 33.2 Å². The van der Waals surface area contributed by atoms with E-state index in [1.165, 1.54) is 23.4 Å². The lowest BCUT2D eigenvalue weighted by atomic mass is 10.1. The predicted octanol–water partition coefficient (Wildman–Crippen LogP) is 1.57. The number of nitrogens with zero attached hydrogens (tertiary/aromatic N) is 5. The Morgan fingerprint density at radius 1 is 1.28 bits per heavy atom. The minimum atomic E-state index is 0.643. The second-order valence-electron chi connectivity index (χ2n) is 6.92. The molecule has 0 aromatic carbocycles. The molecule has 0 bridgehead atoms. The van der Waals surface area contributed by atoms with Crippen LogP contribution in [0.25, 0.3) is 0 Å². The van der Waals surface area contributed by atoms with Crippen molar-refractivity contribution >= 4 is 5.96 Å². The summed E-state index contributed by atoms with van der Waals surface area (Å²) < 4.78 is 2.03. The van der Waals surface area contributed by atoms with Gasteiger partial charge in [-0.3, -0.25) is 14.6 Å². The highest BCUT2D eigenvalue weighted by Crippen LogP contribution is 2.19. The Morgan fingerprint density at radius 2 is 2.04 bits per heavy atom. The molecule has 0 aliphatic carbocycles. The third-order valence-corrected chi connectivity index (χ3v) is 5.49. The molecule has 3 heterocycles. The summed E-state index contributed by atoms with van der Waals surface area (Å²) in [5.41, 5.74) is 3.86. The lowest BCUT2D eigenvalue weighted by Crippen LogP contribution is -2.42. The average Bonchev–Trinajstić information content (AvgIpc) is 3.34. The van der Waals surface area contributed by atoms with E-state index >= 15 is 0 Å². The summed E-state index contributed by atoms with van der Waals surface area (Å²) in [6.07, 6.45) is 7.74. The number of guanidine groups is 1. The standard InChI is InChI=1S/C19H32N6/c1-5-17-16(18(6-2)23(4)22-17)13-21-19(20-3)25-12-9-15(14-25)24-10-7-8-11-24/h7-8,15H,5-6,9-14H2,1-4H3,(H,20,21). The second kappa shape index (κ2) is 8.04. The Balaban J connectivity index is 1.62. The molecule has 1 saturated heterocycles. The van der Waals surface area contributed by atoms with E-state index in [1.807, 2.05) is 18.8 Å². The molecule has 25 heavy (non-hydrogen) atoms. The minimum absolute atomic E-state index is 0.643. The number of aliphatic imine (C=N–C) groups is 1. The monoisotopic (exact) mass is 344 g/mol. The molecular weight excluding hydrogens is 312 g/mol. The van der Waals surface area contributed by atoms with Gasteiger partial charge in [-0.05, 0) is 19.3 Å². The normalized spacial score (nSPS) is 21.5. The number of aryl methyl sites for hydroxylation is 2. The molecule has 1 atom stereocenters. The molecule has 0 radical (unpaired) electrons. The molecule has 2 aliphatic heterocycles. The van der Waals surface area contributed by atoms with Crippen molar-refractivity contribution in [2.24, 2.45) is 12.0 Å². The number of rotatable bonds is 5. The molecule has 6 heteroatoms. The summed E-state index contributed by atoms with van der Waals surface area (Å²) in [4.78, 5) is 9.49. The van der Waals surface area contributed by atoms with E-state index in [1.54, 1.807) is 0 Å². The van der Waals surface area contributed by atoms with E-state index < -0.39 is 0 Å². The van der Waals surface area contributed by atoms with E-state index in [0.29, 0.717) is 6.04 Å². The fourth-order valence-corrected chi connectivity index (χ4v) is 4.12. The molecule has 0 spiro atoms. The number of likely N-dealkylation sites (tertiary alicyclic amines) is 1. The van der Waals surface area contributed by atoms with Gasteiger partial charge in [0.1, 0.15) is 0 Å². The van der Waals surface area contributed by atoms with Crippen molar-refractivity contribution in [2.45, 2.75) is 45.7 Å². The molecule has 1 aromatic heterocycles. The highest BCUT2D eigenvalue weighted by molar-refractivity contribution is 5.80. The third kappa shape index (κ3) is 3.73. The summed E-state index contributed by atoms with van der Waals surface area (Å²) in [6.45, 7) is 9.52. The smallest absolute Gasteiger partial charge is 0.193 e. The van der Waals surface area contributed by atoms with Crippen LogP contribution in [0.5, 0.6) is 0 Å². The van der Waals surface area contributed by atoms with Crippen LogP contribution in [0.3, 0.4) is 0 Å². The van der Waals surface area contributed by atoms with E-state index in [0.717, 1.165) is 51.5 Å². The second-order valence-corrected chi connectivity index (χ2v) is 6.92. The molecule has 6 nitrogen and oxygen atoms in total. The first kappa shape index (κ1) is 18.0. The van der Waals surface area contributed by atoms with Gasteiger partial charge in [0.15, 0.2) is 5.96 Å².